The molecule has 0 unspecified atom stereocenters. The van der Waals surface area contributed by atoms with Crippen molar-refractivity contribution in [2.75, 3.05) is 32.3 Å². The molecule has 0 radical (unpaired) electrons. The average Bonchev–Trinajstić information content (AvgIpc) is 3.38. The van der Waals surface area contributed by atoms with E-state index in [1.54, 1.807) is 18.6 Å². The molecular weight excluding hydrogens is 485 g/mol. The number of hydrogen-bond donors (Lipinski definition) is 0. The monoisotopic (exact) mass is 515 g/mol. The van der Waals surface area contributed by atoms with Crippen LogP contribution in [0, 0.1) is 12.7 Å². The first kappa shape index (κ1) is 25.0. The van der Waals surface area contributed by atoms with Gasteiger partial charge in [-0.3, -0.25) is 0 Å². The second-order valence-corrected chi connectivity index (χ2v) is 12.0. The summed E-state index contributed by atoms with van der Waals surface area (Å²) in [6, 6.07) is 8.22. The number of aryl methyl sites for hydroxylation is 1. The maximum Gasteiger partial charge on any atom is 0.151 e. The highest BCUT2D eigenvalue weighted by molar-refractivity contribution is 7.92. The highest BCUT2D eigenvalue weighted by atomic mass is 32.2. The predicted octanol–water partition coefficient (Wildman–Crippen LogP) is 3.98. The lowest BCUT2D eigenvalue weighted by Gasteiger charge is -2.20. The predicted molar refractivity (Wildman–Crippen MR) is 135 cm³/mol. The second kappa shape index (κ2) is 10.0. The van der Waals surface area contributed by atoms with Crippen molar-refractivity contribution in [2.24, 2.45) is 4.36 Å². The summed E-state index contributed by atoms with van der Waals surface area (Å²) in [5, 5.41) is 0.883. The molecule has 3 heterocycles. The van der Waals surface area contributed by atoms with Crippen LogP contribution in [0.5, 0.6) is 5.75 Å². The zero-order valence-corrected chi connectivity index (χ0v) is 21.6. The van der Waals surface area contributed by atoms with Crippen LogP contribution in [-0.4, -0.2) is 70.9 Å². The van der Waals surface area contributed by atoms with Gasteiger partial charge in [-0.2, -0.15) is 4.36 Å². The van der Waals surface area contributed by atoms with Crippen molar-refractivity contribution < 1.29 is 27.5 Å². The highest BCUT2D eigenvalue weighted by Gasteiger charge is 2.49. The maximum atomic E-state index is 14.3. The minimum atomic E-state index is -2.30. The van der Waals surface area contributed by atoms with Crippen LogP contribution in [0.15, 0.2) is 41.0 Å². The van der Waals surface area contributed by atoms with E-state index in [1.807, 2.05) is 26.0 Å². The Morgan fingerprint density at radius 2 is 1.86 bits per heavy atom. The Kier molecular flexibility index (Phi) is 6.95. The minimum Gasteiger partial charge on any atom is -0.485 e. The van der Waals surface area contributed by atoms with Gasteiger partial charge < -0.3 is 18.9 Å². The van der Waals surface area contributed by atoms with Crippen molar-refractivity contribution in [3.8, 4) is 5.75 Å². The fourth-order valence-corrected chi connectivity index (χ4v) is 5.52. The molecule has 4 atom stereocenters. The van der Waals surface area contributed by atoms with Crippen molar-refractivity contribution in [1.82, 2.24) is 9.97 Å². The first-order chi connectivity index (χ1) is 17.2. The van der Waals surface area contributed by atoms with Crippen LogP contribution < -0.4 is 4.74 Å². The molecule has 2 saturated heterocycles. The lowest BCUT2D eigenvalue weighted by atomic mass is 10.0. The number of halogens is 1. The van der Waals surface area contributed by atoms with Crippen molar-refractivity contribution in [2.45, 2.75) is 44.7 Å². The van der Waals surface area contributed by atoms with Crippen LogP contribution in [0.25, 0.3) is 10.9 Å². The van der Waals surface area contributed by atoms with Gasteiger partial charge in [-0.05, 0) is 37.6 Å². The Hall–Kier alpha value is -2.66. The van der Waals surface area contributed by atoms with E-state index in [-0.39, 0.29) is 30.2 Å². The summed E-state index contributed by atoms with van der Waals surface area (Å²) >= 11 is 0. The Morgan fingerprint density at radius 1 is 1.11 bits per heavy atom. The van der Waals surface area contributed by atoms with E-state index in [1.165, 1.54) is 18.5 Å². The van der Waals surface area contributed by atoms with Crippen LogP contribution in [0.2, 0.25) is 0 Å². The minimum absolute atomic E-state index is 0.124. The number of ether oxygens (including phenoxy) is 4. The van der Waals surface area contributed by atoms with E-state index in [2.05, 4.69) is 14.3 Å². The number of hydrogen-bond acceptors (Lipinski definition) is 8. The molecule has 5 rings (SSSR count). The molecule has 192 valence electrons. The summed E-state index contributed by atoms with van der Waals surface area (Å²) in [7, 11) is -2.30. The van der Waals surface area contributed by atoms with Gasteiger partial charge in [-0.25, -0.2) is 18.6 Å². The highest BCUT2D eigenvalue weighted by Crippen LogP contribution is 2.34. The van der Waals surface area contributed by atoms with Gasteiger partial charge in [0.15, 0.2) is 6.10 Å². The van der Waals surface area contributed by atoms with Crippen molar-refractivity contribution >= 4 is 26.3 Å². The normalized spacial score (nSPS) is 23.7. The third-order valence-corrected chi connectivity index (χ3v) is 6.98. The topological polar surface area (TPSA) is 92.1 Å². The zero-order valence-electron chi connectivity index (χ0n) is 20.8. The molecule has 1 aromatic heterocycles. The smallest absolute Gasteiger partial charge is 0.151 e. The molecule has 0 bridgehead atoms. The van der Waals surface area contributed by atoms with Gasteiger partial charge in [0, 0.05) is 52.3 Å². The van der Waals surface area contributed by atoms with E-state index in [0.29, 0.717) is 43.2 Å². The van der Waals surface area contributed by atoms with Gasteiger partial charge in [0.2, 0.25) is 0 Å². The fraction of sp³-hybridized carbons (Fsp3) is 0.462. The summed E-state index contributed by atoms with van der Waals surface area (Å²) in [5.74, 6) is 0.0434. The first-order valence-corrected chi connectivity index (χ1v) is 14.3. The van der Waals surface area contributed by atoms with E-state index in [0.717, 1.165) is 22.2 Å². The molecule has 2 aliphatic rings. The van der Waals surface area contributed by atoms with Gasteiger partial charge in [-0.1, -0.05) is 6.07 Å². The Bertz CT molecular complexity index is 1400. The molecule has 2 fully saturated rings. The summed E-state index contributed by atoms with van der Waals surface area (Å²) in [6.45, 7) is 5.26. The summed E-state index contributed by atoms with van der Waals surface area (Å²) in [4.78, 5) is 8.95. The number of nitrogens with zero attached hydrogens (tertiary/aromatic N) is 3. The van der Waals surface area contributed by atoms with Crippen molar-refractivity contribution in [3.05, 3.63) is 59.3 Å². The van der Waals surface area contributed by atoms with Gasteiger partial charge in [0.05, 0.1) is 30.1 Å². The summed E-state index contributed by atoms with van der Waals surface area (Å²) < 4.78 is 54.6. The molecule has 2 aliphatic heterocycles. The lowest BCUT2D eigenvalue weighted by molar-refractivity contribution is -0.0309. The molecule has 8 nitrogen and oxygen atoms in total. The quantitative estimate of drug-likeness (QED) is 0.470. The van der Waals surface area contributed by atoms with Crippen LogP contribution in [0.3, 0.4) is 0 Å². The van der Waals surface area contributed by atoms with Gasteiger partial charge in [-0.15, -0.1) is 0 Å². The van der Waals surface area contributed by atoms with Crippen LogP contribution in [0.1, 0.15) is 23.7 Å². The maximum absolute atomic E-state index is 14.3. The molecule has 2 aromatic carbocycles. The molecule has 10 heteroatoms. The van der Waals surface area contributed by atoms with E-state index >= 15 is 0 Å². The van der Waals surface area contributed by atoms with E-state index < -0.39 is 9.73 Å². The summed E-state index contributed by atoms with van der Waals surface area (Å²) in [5.41, 5.74) is 3.81. The van der Waals surface area contributed by atoms with E-state index in [4.69, 9.17) is 18.9 Å². The largest absolute Gasteiger partial charge is 0.485 e. The molecule has 0 amide bonds. The number of rotatable bonds is 7. The molecular formula is C26H30FN3O5S. The molecule has 0 spiro atoms. The third kappa shape index (κ3) is 5.22. The Morgan fingerprint density at radius 3 is 2.61 bits per heavy atom. The van der Waals surface area contributed by atoms with Crippen molar-refractivity contribution in [3.63, 3.8) is 0 Å². The first-order valence-electron chi connectivity index (χ1n) is 11.9. The SMILES string of the molecule is CCO[C@@H]1CO[C@H]2[C@@H]1OC[C@H]2Oc1cc(F)ccc1Cc1ncnc2cc(N=S(C)(C)=O)cc(C)c12. The van der Waals surface area contributed by atoms with Crippen LogP contribution >= 0.6 is 0 Å². The third-order valence-electron chi connectivity index (χ3n) is 6.33. The Balaban J connectivity index is 1.44. The molecule has 0 saturated carbocycles. The van der Waals surface area contributed by atoms with Gasteiger partial charge in [0.1, 0.15) is 36.2 Å². The van der Waals surface area contributed by atoms with Crippen LogP contribution in [0.4, 0.5) is 10.1 Å². The fourth-order valence-electron chi connectivity index (χ4n) is 4.91. The van der Waals surface area contributed by atoms with Crippen LogP contribution in [-0.2, 0) is 30.4 Å². The summed E-state index contributed by atoms with van der Waals surface area (Å²) in [6.07, 6.45) is 4.14. The molecule has 3 aromatic rings. The number of benzene rings is 2. The van der Waals surface area contributed by atoms with E-state index in [9.17, 15) is 8.60 Å². The lowest BCUT2D eigenvalue weighted by Crippen LogP contribution is -2.35. The van der Waals surface area contributed by atoms with Gasteiger partial charge in [0.25, 0.3) is 0 Å². The average molecular weight is 516 g/mol. The molecule has 0 aliphatic carbocycles. The molecule has 0 N–H and O–H groups in total. The number of fused-ring (bicyclic) bond motifs is 2. The second-order valence-electron chi connectivity index (χ2n) is 9.42. The zero-order chi connectivity index (χ0) is 25.4. The van der Waals surface area contributed by atoms with Crippen molar-refractivity contribution in [1.29, 1.82) is 0 Å². The standard InChI is InChI=1S/C26H30FN3O5S/c1-5-32-22-12-33-26-23(13-34-25(22)26)35-21-10-17(27)7-6-16(21)9-19-24-15(2)8-18(30-36(3,4)31)11-20(24)29-14-28-19/h6-8,10-11,14,22-23,25-26H,5,9,12-13H2,1-4H3/t22-,23-,25-,26-/m1/s1. The number of aromatic nitrogens is 2. The van der Waals surface area contributed by atoms with Gasteiger partial charge >= 0.3 is 0 Å². The Labute approximate surface area is 210 Å². The molecule has 36 heavy (non-hydrogen) atoms.